The van der Waals surface area contributed by atoms with Crippen molar-refractivity contribution in [2.45, 2.75) is 31.2 Å². The molecule has 0 radical (unpaired) electrons. The lowest BCUT2D eigenvalue weighted by molar-refractivity contribution is 0.0531. The minimum absolute atomic E-state index is 0.196. The summed E-state index contributed by atoms with van der Waals surface area (Å²) in [5, 5.41) is 8.28. The summed E-state index contributed by atoms with van der Waals surface area (Å²) >= 11 is 2.64. The third kappa shape index (κ3) is 3.20. The Balaban J connectivity index is 1.53. The van der Waals surface area contributed by atoms with Gasteiger partial charge in [0.05, 0.1) is 28.3 Å². The maximum atomic E-state index is 12.8. The van der Waals surface area contributed by atoms with Crippen LogP contribution in [0, 0.1) is 6.92 Å². The van der Waals surface area contributed by atoms with Crippen molar-refractivity contribution in [1.29, 1.82) is 0 Å². The third-order valence-electron chi connectivity index (χ3n) is 4.95. The van der Waals surface area contributed by atoms with Gasteiger partial charge in [-0.15, -0.1) is 16.4 Å². The number of fused-ring (bicyclic) bond motifs is 4. The van der Waals surface area contributed by atoms with Crippen LogP contribution in [0.1, 0.15) is 40.2 Å². The van der Waals surface area contributed by atoms with Gasteiger partial charge in [-0.2, -0.15) is 0 Å². The van der Waals surface area contributed by atoms with E-state index in [1.807, 2.05) is 35.6 Å². The van der Waals surface area contributed by atoms with Crippen LogP contribution in [-0.2, 0) is 4.74 Å². The molecule has 0 aliphatic rings. The van der Waals surface area contributed by atoms with Gasteiger partial charge in [-0.25, -0.2) is 19.9 Å². The van der Waals surface area contributed by atoms with Crippen molar-refractivity contribution < 1.29 is 9.53 Å². The van der Waals surface area contributed by atoms with Crippen molar-refractivity contribution in [2.24, 2.45) is 0 Å². The minimum atomic E-state index is -0.433. The van der Waals surface area contributed by atoms with Crippen molar-refractivity contribution in [3.8, 4) is 0 Å². The highest BCUT2D eigenvalue weighted by Crippen LogP contribution is 2.35. The molecule has 0 aliphatic carbocycles. The van der Waals surface area contributed by atoms with Gasteiger partial charge in [-0.1, -0.05) is 23.9 Å². The first-order valence-electron chi connectivity index (χ1n) is 9.66. The van der Waals surface area contributed by atoms with Crippen LogP contribution in [0.3, 0.4) is 0 Å². The number of benzene rings is 1. The number of H-pyrrole nitrogens is 2. The van der Waals surface area contributed by atoms with E-state index in [0.717, 1.165) is 11.0 Å². The maximum Gasteiger partial charge on any atom is 0.348 e. The molecule has 0 bridgehead atoms. The van der Waals surface area contributed by atoms with Crippen LogP contribution in [-0.4, -0.2) is 42.1 Å². The van der Waals surface area contributed by atoms with E-state index in [-0.39, 0.29) is 17.4 Å². The number of hydrogen-bond acceptors (Lipinski definition) is 8. The topological polar surface area (TPSA) is 118 Å². The first kappa shape index (κ1) is 19.8. The molecule has 5 aromatic rings. The molecule has 1 aromatic carbocycles. The number of imidazole rings is 1. The summed E-state index contributed by atoms with van der Waals surface area (Å²) in [6.45, 7) is 5.71. The quantitative estimate of drug-likeness (QED) is 0.306. The molecule has 5 rings (SSSR count). The number of hydrogen-bond donors (Lipinski definition) is 2. The van der Waals surface area contributed by atoms with E-state index in [4.69, 9.17) is 4.74 Å². The Morgan fingerprint density at radius 1 is 1.32 bits per heavy atom. The third-order valence-corrected chi connectivity index (χ3v) is 7.18. The summed E-state index contributed by atoms with van der Waals surface area (Å²) in [6, 6.07) is 7.82. The normalized spacial score (nSPS) is 12.7. The molecule has 0 saturated carbocycles. The van der Waals surface area contributed by atoms with E-state index in [0.29, 0.717) is 37.4 Å². The molecular formula is C20H18N6O3S2. The van der Waals surface area contributed by atoms with E-state index in [1.165, 1.54) is 23.1 Å². The number of esters is 1. The molecule has 2 N–H and O–H groups in total. The van der Waals surface area contributed by atoms with Crippen LogP contribution >= 0.6 is 23.1 Å². The smallest absolute Gasteiger partial charge is 0.348 e. The summed E-state index contributed by atoms with van der Waals surface area (Å²) in [5.41, 5.74) is 2.15. The van der Waals surface area contributed by atoms with Crippen molar-refractivity contribution >= 4 is 56.1 Å². The zero-order valence-electron chi connectivity index (χ0n) is 16.9. The zero-order valence-corrected chi connectivity index (χ0v) is 18.6. The summed E-state index contributed by atoms with van der Waals surface area (Å²) in [6.07, 6.45) is 0. The molecular weight excluding hydrogens is 436 g/mol. The van der Waals surface area contributed by atoms with Crippen molar-refractivity contribution in [3.05, 3.63) is 50.9 Å². The van der Waals surface area contributed by atoms with Crippen molar-refractivity contribution in [2.75, 3.05) is 6.61 Å². The van der Waals surface area contributed by atoms with Crippen molar-refractivity contribution in [1.82, 2.24) is 29.5 Å². The monoisotopic (exact) mass is 454 g/mol. The predicted molar refractivity (Wildman–Crippen MR) is 120 cm³/mol. The first-order valence-corrected chi connectivity index (χ1v) is 11.4. The summed E-state index contributed by atoms with van der Waals surface area (Å²) in [4.78, 5) is 38.0. The fourth-order valence-electron chi connectivity index (χ4n) is 3.48. The van der Waals surface area contributed by atoms with Crippen LogP contribution in [0.15, 0.2) is 34.2 Å². The number of carbonyl (C=O) groups excluding carboxylic acids is 1. The molecule has 158 valence electrons. The molecule has 0 aliphatic heterocycles. The number of para-hydroxylation sites is 2. The Hall–Kier alpha value is -3.18. The number of carbonyl (C=O) groups is 1. The van der Waals surface area contributed by atoms with Crippen LogP contribution in [0.5, 0.6) is 0 Å². The molecule has 31 heavy (non-hydrogen) atoms. The average molecular weight is 455 g/mol. The Kier molecular flexibility index (Phi) is 4.78. The first-order chi connectivity index (χ1) is 15.0. The minimum Gasteiger partial charge on any atom is -0.462 e. The van der Waals surface area contributed by atoms with Gasteiger partial charge in [-0.05, 0) is 38.5 Å². The summed E-state index contributed by atoms with van der Waals surface area (Å²) < 4.78 is 7.05. The SMILES string of the molecule is CCOC(=O)c1sc2nc([C@@H](C)Sc3n[nH]c4nc5ccccc5n34)[nH]c(=O)c2c1C. The van der Waals surface area contributed by atoms with Crippen LogP contribution in [0.2, 0.25) is 0 Å². The van der Waals surface area contributed by atoms with Gasteiger partial charge in [0.2, 0.25) is 5.78 Å². The lowest BCUT2D eigenvalue weighted by atomic mass is 10.2. The van der Waals surface area contributed by atoms with Crippen LogP contribution in [0.25, 0.3) is 27.0 Å². The van der Waals surface area contributed by atoms with Crippen LogP contribution < -0.4 is 5.56 Å². The number of ether oxygens (including phenoxy) is 1. The Labute approximate surface area is 183 Å². The Morgan fingerprint density at radius 3 is 2.94 bits per heavy atom. The maximum absolute atomic E-state index is 12.8. The Bertz CT molecular complexity index is 1510. The fraction of sp³-hybridized carbons (Fsp3) is 0.250. The molecule has 0 amide bonds. The highest BCUT2D eigenvalue weighted by atomic mass is 32.2. The van der Waals surface area contributed by atoms with Crippen LogP contribution in [0.4, 0.5) is 0 Å². The summed E-state index contributed by atoms with van der Waals surface area (Å²) in [7, 11) is 0. The molecule has 1 atom stereocenters. The number of rotatable bonds is 5. The number of thioether (sulfide) groups is 1. The second-order valence-electron chi connectivity index (χ2n) is 6.93. The number of aromatic nitrogens is 6. The van der Waals surface area contributed by atoms with Gasteiger partial charge in [0.25, 0.3) is 5.56 Å². The standard InChI is InChI=1S/C20H18N6O3S2/c1-4-29-18(28)14-9(2)13-16(27)22-15(23-17(13)31-14)10(3)30-20-25-24-19-21-11-7-5-6-8-12(11)26(19)20/h5-8,10H,4H2,1-3H3,(H,21,24)(H,22,23,27)/t10-/m1/s1. The molecule has 4 heterocycles. The second kappa shape index (κ2) is 7.50. The van der Waals surface area contributed by atoms with E-state index >= 15 is 0 Å². The number of aryl methyl sites for hydroxylation is 1. The predicted octanol–water partition coefficient (Wildman–Crippen LogP) is 3.85. The highest BCUT2D eigenvalue weighted by Gasteiger charge is 2.23. The van der Waals surface area contributed by atoms with Crippen molar-refractivity contribution in [3.63, 3.8) is 0 Å². The number of nitrogens with zero attached hydrogens (tertiary/aromatic N) is 4. The van der Waals surface area contributed by atoms with E-state index in [2.05, 4.69) is 25.1 Å². The molecule has 0 unspecified atom stereocenters. The molecule has 0 fully saturated rings. The Morgan fingerprint density at radius 2 is 2.13 bits per heavy atom. The highest BCUT2D eigenvalue weighted by molar-refractivity contribution is 7.99. The second-order valence-corrected chi connectivity index (χ2v) is 9.24. The molecule has 0 spiro atoms. The summed E-state index contributed by atoms with van der Waals surface area (Å²) in [5.74, 6) is 0.734. The number of nitrogens with one attached hydrogen (secondary N) is 2. The zero-order chi connectivity index (χ0) is 21.7. The van der Waals surface area contributed by atoms with Gasteiger partial charge in [-0.3, -0.25) is 9.20 Å². The number of aromatic amines is 2. The fourth-order valence-corrected chi connectivity index (χ4v) is 5.49. The van der Waals surface area contributed by atoms with E-state index in [1.54, 1.807) is 13.8 Å². The van der Waals surface area contributed by atoms with Gasteiger partial charge in [0.15, 0.2) is 5.16 Å². The van der Waals surface area contributed by atoms with Gasteiger partial charge in [0, 0.05) is 0 Å². The molecule has 0 saturated heterocycles. The molecule has 9 nitrogen and oxygen atoms in total. The molecule has 4 aromatic heterocycles. The number of thiophene rings is 1. The lowest BCUT2D eigenvalue weighted by Gasteiger charge is -2.09. The van der Waals surface area contributed by atoms with Gasteiger partial charge in [0.1, 0.15) is 15.5 Å². The van der Waals surface area contributed by atoms with Gasteiger partial charge >= 0.3 is 5.97 Å². The average Bonchev–Trinajstić information content (AvgIpc) is 3.41. The molecule has 11 heteroatoms. The van der Waals surface area contributed by atoms with E-state index < -0.39 is 5.97 Å². The largest absolute Gasteiger partial charge is 0.462 e. The van der Waals surface area contributed by atoms with E-state index in [9.17, 15) is 9.59 Å². The lowest BCUT2D eigenvalue weighted by Crippen LogP contribution is -2.13. The van der Waals surface area contributed by atoms with Gasteiger partial charge < -0.3 is 9.72 Å².